The second kappa shape index (κ2) is 9.99. The number of carbonyl (C=O) groups excluding carboxylic acids is 1. The van der Waals surface area contributed by atoms with E-state index in [1.807, 2.05) is 31.0 Å². The van der Waals surface area contributed by atoms with Gasteiger partial charge in [0.05, 0.1) is 30.4 Å². The lowest BCUT2D eigenvalue weighted by Crippen LogP contribution is -2.64. The van der Waals surface area contributed by atoms with E-state index in [0.717, 1.165) is 42.8 Å². The molecule has 0 bridgehead atoms. The molecule has 222 valence electrons. The van der Waals surface area contributed by atoms with Gasteiger partial charge in [-0.1, -0.05) is 6.42 Å². The summed E-state index contributed by atoms with van der Waals surface area (Å²) in [5.74, 6) is 0.308. The summed E-state index contributed by atoms with van der Waals surface area (Å²) in [4.78, 5) is 19.7. The Hall–Kier alpha value is -3.15. The highest BCUT2D eigenvalue weighted by Crippen LogP contribution is 2.49. The van der Waals surface area contributed by atoms with Crippen LogP contribution in [0.5, 0.6) is 0 Å². The van der Waals surface area contributed by atoms with Crippen LogP contribution < -0.4 is 5.32 Å². The molecule has 2 saturated carbocycles. The Balaban J connectivity index is 1.30. The van der Waals surface area contributed by atoms with Crippen molar-refractivity contribution in [3.8, 4) is 11.1 Å². The van der Waals surface area contributed by atoms with Gasteiger partial charge in [0.2, 0.25) is 11.9 Å². The first-order valence-electron chi connectivity index (χ1n) is 14.6. The van der Waals surface area contributed by atoms with Crippen molar-refractivity contribution >= 4 is 17.4 Å². The van der Waals surface area contributed by atoms with Crippen LogP contribution in [0.3, 0.4) is 0 Å². The van der Waals surface area contributed by atoms with E-state index in [-0.39, 0.29) is 23.9 Å². The molecule has 1 saturated heterocycles. The number of hydrogen-bond donors (Lipinski definition) is 2. The van der Waals surface area contributed by atoms with E-state index in [2.05, 4.69) is 20.5 Å². The number of carbonyl (C=O) groups is 1. The number of nitrogens with one attached hydrogen (secondary N) is 1. The standard InChI is InChI=1S/C29H38F3N7O2/c1-18(12-29(30,31)32)35-26-33-14-24-22(11-23(39(24)36-26)19-5-7-21(40)8-6-19)20-13-34-38(15-20)27(2,3)25(41)37-16-28(17-37)9-4-10-28/h11,13-15,18-19,21,40H,4-10,12,16-17H2,1-3H3,(H,35,36)/t18-,19?,21?/m0/s1. The first-order valence-corrected chi connectivity index (χ1v) is 14.6. The van der Waals surface area contributed by atoms with Crippen LogP contribution in [-0.2, 0) is 10.3 Å². The largest absolute Gasteiger partial charge is 0.393 e. The van der Waals surface area contributed by atoms with Gasteiger partial charge in [0.25, 0.3) is 0 Å². The zero-order valence-corrected chi connectivity index (χ0v) is 23.8. The lowest BCUT2D eigenvalue weighted by Gasteiger charge is -2.57. The van der Waals surface area contributed by atoms with Crippen molar-refractivity contribution in [2.45, 2.75) is 102 Å². The fourth-order valence-electron chi connectivity index (χ4n) is 6.75. The summed E-state index contributed by atoms with van der Waals surface area (Å²) in [6.45, 7) is 6.87. The first kappa shape index (κ1) is 28.0. The SMILES string of the molecule is C[C@@H](CC(F)(F)F)Nc1ncc2c(-c3cnn(C(C)(C)C(=O)N4CC5(CCC5)C4)c3)cc(C3CCC(O)CC3)n2n1. The molecule has 6 rings (SSSR count). The molecule has 3 aromatic rings. The van der Waals surface area contributed by atoms with Gasteiger partial charge in [-0.3, -0.25) is 9.48 Å². The third-order valence-corrected chi connectivity index (χ3v) is 9.32. The van der Waals surface area contributed by atoms with Crippen molar-refractivity contribution in [1.82, 2.24) is 29.3 Å². The number of aromatic nitrogens is 5. The molecule has 0 radical (unpaired) electrons. The van der Waals surface area contributed by atoms with Gasteiger partial charge in [-0.05, 0) is 65.4 Å². The van der Waals surface area contributed by atoms with Crippen LogP contribution in [-0.4, -0.2) is 71.7 Å². The molecular formula is C29H38F3N7O2. The Labute approximate surface area is 237 Å². The zero-order chi connectivity index (χ0) is 29.2. The number of anilines is 1. The second-order valence-corrected chi connectivity index (χ2v) is 13.0. The maximum absolute atomic E-state index is 13.4. The molecule has 3 aliphatic rings. The summed E-state index contributed by atoms with van der Waals surface area (Å²) in [6.07, 6.45) is 6.18. The highest BCUT2D eigenvalue weighted by Gasteiger charge is 2.51. The van der Waals surface area contributed by atoms with Gasteiger partial charge in [0.1, 0.15) is 5.54 Å². The number of likely N-dealkylation sites (tertiary alicyclic amines) is 1. The smallest absolute Gasteiger partial charge is 0.391 e. The van der Waals surface area contributed by atoms with Crippen LogP contribution in [0.25, 0.3) is 16.6 Å². The summed E-state index contributed by atoms with van der Waals surface area (Å²) in [5, 5.41) is 22.1. The van der Waals surface area contributed by atoms with Gasteiger partial charge in [0, 0.05) is 53.5 Å². The highest BCUT2D eigenvalue weighted by molar-refractivity contribution is 5.85. The molecule has 4 heterocycles. The topological polar surface area (TPSA) is 101 Å². The van der Waals surface area contributed by atoms with Gasteiger partial charge < -0.3 is 15.3 Å². The summed E-state index contributed by atoms with van der Waals surface area (Å²) in [7, 11) is 0. The molecular weight excluding hydrogens is 535 g/mol. The molecule has 0 aromatic carbocycles. The first-order chi connectivity index (χ1) is 19.3. The van der Waals surface area contributed by atoms with E-state index >= 15 is 0 Å². The molecule has 12 heteroatoms. The van der Waals surface area contributed by atoms with Crippen LogP contribution in [0.1, 0.15) is 83.7 Å². The number of nitrogens with zero attached hydrogens (tertiary/aromatic N) is 6. The number of aliphatic hydroxyl groups is 1. The van der Waals surface area contributed by atoms with Gasteiger partial charge >= 0.3 is 6.18 Å². The van der Waals surface area contributed by atoms with Crippen LogP contribution in [0, 0.1) is 5.41 Å². The molecule has 0 unspecified atom stereocenters. The van der Waals surface area contributed by atoms with Crippen molar-refractivity contribution in [3.63, 3.8) is 0 Å². The molecule has 1 atom stereocenters. The zero-order valence-electron chi connectivity index (χ0n) is 23.8. The predicted octanol–water partition coefficient (Wildman–Crippen LogP) is 5.11. The number of amides is 1. The maximum Gasteiger partial charge on any atom is 0.391 e. The number of aliphatic hydroxyl groups excluding tert-OH is 1. The molecule has 3 aromatic heterocycles. The van der Waals surface area contributed by atoms with E-state index in [1.54, 1.807) is 21.6 Å². The molecule has 1 amide bonds. The van der Waals surface area contributed by atoms with Crippen molar-refractivity contribution < 1.29 is 23.1 Å². The molecule has 3 fully saturated rings. The van der Waals surface area contributed by atoms with E-state index in [4.69, 9.17) is 0 Å². The third-order valence-electron chi connectivity index (χ3n) is 9.32. The molecule has 2 N–H and O–H groups in total. The summed E-state index contributed by atoms with van der Waals surface area (Å²) < 4.78 is 42.2. The van der Waals surface area contributed by atoms with Crippen LogP contribution in [0.2, 0.25) is 0 Å². The summed E-state index contributed by atoms with van der Waals surface area (Å²) >= 11 is 0. The highest BCUT2D eigenvalue weighted by atomic mass is 19.4. The third kappa shape index (κ3) is 5.30. The van der Waals surface area contributed by atoms with Crippen LogP contribution >= 0.6 is 0 Å². The van der Waals surface area contributed by atoms with Gasteiger partial charge in [-0.15, -0.1) is 5.10 Å². The lowest BCUT2D eigenvalue weighted by molar-refractivity contribution is -0.158. The number of hydrogen-bond acceptors (Lipinski definition) is 6. The van der Waals surface area contributed by atoms with E-state index < -0.39 is 24.2 Å². The normalized spacial score (nSPS) is 23.3. The van der Waals surface area contributed by atoms with Crippen molar-refractivity contribution in [1.29, 1.82) is 0 Å². The Morgan fingerprint density at radius 1 is 1.17 bits per heavy atom. The van der Waals surface area contributed by atoms with Crippen molar-refractivity contribution in [2.24, 2.45) is 5.41 Å². The minimum Gasteiger partial charge on any atom is -0.393 e. The van der Waals surface area contributed by atoms with Crippen molar-refractivity contribution in [3.05, 3.63) is 30.4 Å². The second-order valence-electron chi connectivity index (χ2n) is 13.0. The fourth-order valence-corrected chi connectivity index (χ4v) is 6.75. The van der Waals surface area contributed by atoms with Crippen LogP contribution in [0.15, 0.2) is 24.7 Å². The van der Waals surface area contributed by atoms with Gasteiger partial charge in [-0.2, -0.15) is 18.3 Å². The Morgan fingerprint density at radius 2 is 1.88 bits per heavy atom. The predicted molar refractivity (Wildman–Crippen MR) is 147 cm³/mol. The quantitative estimate of drug-likeness (QED) is 0.408. The molecule has 41 heavy (non-hydrogen) atoms. The maximum atomic E-state index is 13.4. The van der Waals surface area contributed by atoms with Gasteiger partial charge in [-0.25, -0.2) is 9.50 Å². The Bertz CT molecular complexity index is 1430. The number of rotatable bonds is 7. The molecule has 2 aliphatic carbocycles. The number of alkyl halides is 3. The molecule has 1 spiro atoms. The minimum absolute atomic E-state index is 0.0555. The lowest BCUT2D eigenvalue weighted by atomic mass is 9.63. The monoisotopic (exact) mass is 573 g/mol. The fraction of sp³-hybridized carbons (Fsp3) is 0.655. The number of halogens is 3. The summed E-state index contributed by atoms with van der Waals surface area (Å²) in [5.41, 5.74) is 2.76. The summed E-state index contributed by atoms with van der Waals surface area (Å²) in [6, 6.07) is 1.15. The number of fused-ring (bicyclic) bond motifs is 1. The van der Waals surface area contributed by atoms with E-state index in [1.165, 1.54) is 26.2 Å². The Morgan fingerprint density at radius 3 is 2.51 bits per heavy atom. The van der Waals surface area contributed by atoms with E-state index in [0.29, 0.717) is 23.8 Å². The average Bonchev–Trinajstić information content (AvgIpc) is 3.47. The average molecular weight is 574 g/mol. The van der Waals surface area contributed by atoms with Gasteiger partial charge in [0.15, 0.2) is 0 Å². The van der Waals surface area contributed by atoms with Crippen molar-refractivity contribution in [2.75, 3.05) is 18.4 Å². The Kier molecular flexibility index (Phi) is 6.82. The van der Waals surface area contributed by atoms with E-state index in [9.17, 15) is 23.1 Å². The van der Waals surface area contributed by atoms with Crippen LogP contribution in [0.4, 0.5) is 19.1 Å². The molecule has 9 nitrogen and oxygen atoms in total. The molecule has 1 aliphatic heterocycles. The minimum atomic E-state index is -4.30.